The van der Waals surface area contributed by atoms with Crippen molar-refractivity contribution in [3.63, 3.8) is 0 Å². The van der Waals surface area contributed by atoms with E-state index >= 15 is 0 Å². The molecule has 0 radical (unpaired) electrons. The van der Waals surface area contributed by atoms with Crippen molar-refractivity contribution in [1.29, 1.82) is 0 Å². The van der Waals surface area contributed by atoms with Crippen LogP contribution in [0.25, 0.3) is 27.7 Å². The smallest absolute Gasteiger partial charge is 0.256 e. The van der Waals surface area contributed by atoms with Gasteiger partial charge < -0.3 is 15.2 Å². The molecule has 9 nitrogen and oxygen atoms in total. The van der Waals surface area contributed by atoms with Crippen molar-refractivity contribution in [3.8, 4) is 11.1 Å². The molecule has 5 rings (SSSR count). The molecule has 0 atom stereocenters. The Hall–Kier alpha value is -4.11. The summed E-state index contributed by atoms with van der Waals surface area (Å²) in [6, 6.07) is 7.84. The number of hydrogen-bond acceptors (Lipinski definition) is 7. The van der Waals surface area contributed by atoms with E-state index in [0.29, 0.717) is 31.2 Å². The number of amides is 1. The quantitative estimate of drug-likeness (QED) is 0.474. The Morgan fingerprint density at radius 2 is 1.97 bits per heavy atom. The van der Waals surface area contributed by atoms with Crippen molar-refractivity contribution < 1.29 is 13.0 Å². The van der Waals surface area contributed by atoms with Gasteiger partial charge in [0, 0.05) is 90.3 Å². The second-order valence-electron chi connectivity index (χ2n) is 8.41. The SMILES string of the molecule is [2H]C([2H])([2H])N(C(=O)c1cnc(C2=CCN(Cc3cc4c(-c5ccc(N)nc5)ccnc4n3C)CC2)nc1)C([2H])([2H])[2H]. The number of aryl methyl sites for hydroxylation is 1. The fraction of sp³-hybridized carbons (Fsp3) is 0.269. The zero-order valence-corrected chi connectivity index (χ0v) is 19.1. The van der Waals surface area contributed by atoms with Crippen molar-refractivity contribution in [2.45, 2.75) is 13.0 Å². The third-order valence-corrected chi connectivity index (χ3v) is 6.19. The first-order valence-electron chi connectivity index (χ1n) is 14.1. The number of carbonyl (C=O) groups excluding carboxylic acids is 1. The van der Waals surface area contributed by atoms with E-state index in [1.165, 1.54) is 12.4 Å². The van der Waals surface area contributed by atoms with E-state index < -0.39 is 19.9 Å². The molecule has 0 saturated carbocycles. The standard InChI is InChI=1S/C26H28N8O/c1-32(2)26(35)19-14-30-24(31-15-19)17-7-10-34(11-8-17)16-20-12-22-21(6-9-28-25(22)33(20)3)18-4-5-23(27)29-13-18/h4-7,9,12-15H,8,10-11,16H2,1-3H3,(H2,27,29)/i1D3,2D3. The lowest BCUT2D eigenvalue weighted by atomic mass is 10.1. The van der Waals surface area contributed by atoms with E-state index in [1.54, 1.807) is 18.5 Å². The summed E-state index contributed by atoms with van der Waals surface area (Å²) < 4.78 is 46.7. The highest BCUT2D eigenvalue weighted by molar-refractivity contribution is 5.94. The van der Waals surface area contributed by atoms with Crippen molar-refractivity contribution in [2.75, 3.05) is 32.8 Å². The lowest BCUT2D eigenvalue weighted by Gasteiger charge is -2.26. The monoisotopic (exact) mass is 474 g/mol. The van der Waals surface area contributed by atoms with Crippen LogP contribution in [0.5, 0.6) is 0 Å². The van der Waals surface area contributed by atoms with Gasteiger partial charge in [-0.25, -0.2) is 19.9 Å². The summed E-state index contributed by atoms with van der Waals surface area (Å²) in [5, 5.41) is 1.03. The van der Waals surface area contributed by atoms with Crippen LogP contribution in [0.2, 0.25) is 0 Å². The largest absolute Gasteiger partial charge is 0.384 e. The zero-order chi connectivity index (χ0) is 29.5. The van der Waals surface area contributed by atoms with Crippen LogP contribution < -0.4 is 5.73 Å². The van der Waals surface area contributed by atoms with Gasteiger partial charge in [-0.05, 0) is 41.8 Å². The van der Waals surface area contributed by atoms with Gasteiger partial charge in [0.15, 0.2) is 5.82 Å². The maximum absolute atomic E-state index is 12.6. The molecule has 9 heteroatoms. The fourth-order valence-corrected chi connectivity index (χ4v) is 4.26. The molecule has 0 bridgehead atoms. The summed E-state index contributed by atoms with van der Waals surface area (Å²) in [6.45, 7) is -4.18. The molecule has 1 amide bonds. The summed E-state index contributed by atoms with van der Waals surface area (Å²) in [5.41, 5.74) is 10.4. The van der Waals surface area contributed by atoms with Crippen LogP contribution in [0.1, 0.15) is 36.5 Å². The highest BCUT2D eigenvalue weighted by Crippen LogP contribution is 2.30. The molecule has 0 aliphatic carbocycles. The highest BCUT2D eigenvalue weighted by atomic mass is 16.2. The molecule has 1 aliphatic heterocycles. The van der Waals surface area contributed by atoms with E-state index in [-0.39, 0.29) is 10.5 Å². The summed E-state index contributed by atoms with van der Waals surface area (Å²) in [4.78, 5) is 32.1. The van der Waals surface area contributed by atoms with Crippen LogP contribution in [0, 0.1) is 0 Å². The van der Waals surface area contributed by atoms with Crippen molar-refractivity contribution >= 4 is 28.3 Å². The van der Waals surface area contributed by atoms with Gasteiger partial charge in [0.2, 0.25) is 0 Å². The Bertz CT molecular complexity index is 1600. The molecular weight excluding hydrogens is 440 g/mol. The minimum atomic E-state index is -3.13. The van der Waals surface area contributed by atoms with Crippen molar-refractivity contribution in [3.05, 3.63) is 72.2 Å². The molecule has 35 heavy (non-hydrogen) atoms. The molecule has 0 unspecified atom stereocenters. The Morgan fingerprint density at radius 3 is 2.66 bits per heavy atom. The minimum Gasteiger partial charge on any atom is -0.384 e. The predicted octanol–water partition coefficient (Wildman–Crippen LogP) is 3.00. The average Bonchev–Trinajstić information content (AvgIpc) is 3.23. The number of pyridine rings is 2. The van der Waals surface area contributed by atoms with Crippen LogP contribution in [-0.4, -0.2) is 67.3 Å². The van der Waals surface area contributed by atoms with Gasteiger partial charge in [0.1, 0.15) is 11.5 Å². The second-order valence-corrected chi connectivity index (χ2v) is 8.41. The zero-order valence-electron chi connectivity index (χ0n) is 25.1. The molecule has 4 aromatic rings. The van der Waals surface area contributed by atoms with E-state index in [2.05, 4.69) is 35.5 Å². The lowest BCUT2D eigenvalue weighted by molar-refractivity contribution is 0.0826. The van der Waals surface area contributed by atoms with Gasteiger partial charge in [-0.2, -0.15) is 0 Å². The van der Waals surface area contributed by atoms with Gasteiger partial charge in [-0.15, -0.1) is 0 Å². The number of rotatable bonds is 5. The maximum Gasteiger partial charge on any atom is 0.256 e. The normalized spacial score (nSPS) is 17.5. The number of nitrogen functional groups attached to an aromatic ring is 1. The number of nitrogens with zero attached hydrogens (tertiary/aromatic N) is 7. The third-order valence-electron chi connectivity index (χ3n) is 6.19. The number of fused-ring (bicyclic) bond motifs is 1. The predicted molar refractivity (Wildman–Crippen MR) is 136 cm³/mol. The Labute approximate surface area is 212 Å². The van der Waals surface area contributed by atoms with Crippen molar-refractivity contribution in [2.24, 2.45) is 7.05 Å². The molecule has 0 aromatic carbocycles. The molecule has 1 aliphatic rings. The summed E-state index contributed by atoms with van der Waals surface area (Å²) in [7, 11) is 2.00. The van der Waals surface area contributed by atoms with Gasteiger partial charge in [-0.3, -0.25) is 9.69 Å². The number of nitrogens with two attached hydrogens (primary N) is 1. The molecular formula is C26H28N8O. The summed E-state index contributed by atoms with van der Waals surface area (Å²) in [5.74, 6) is -0.305. The Balaban J connectivity index is 1.30. The first-order valence-corrected chi connectivity index (χ1v) is 11.1. The molecule has 0 fully saturated rings. The van der Waals surface area contributed by atoms with Gasteiger partial charge in [0.25, 0.3) is 5.91 Å². The number of aromatic nitrogens is 5. The molecule has 4 aromatic heterocycles. The molecule has 0 saturated heterocycles. The van der Waals surface area contributed by atoms with Crippen LogP contribution in [-0.2, 0) is 13.6 Å². The highest BCUT2D eigenvalue weighted by Gasteiger charge is 2.19. The Morgan fingerprint density at radius 1 is 1.14 bits per heavy atom. The van der Waals surface area contributed by atoms with Crippen LogP contribution >= 0.6 is 0 Å². The summed E-state index contributed by atoms with van der Waals surface area (Å²) in [6.07, 6.45) is 8.56. The minimum absolute atomic E-state index is 0.103. The molecule has 2 N–H and O–H groups in total. The van der Waals surface area contributed by atoms with E-state index in [1.807, 2.05) is 25.3 Å². The third kappa shape index (κ3) is 4.50. The number of carbonyl (C=O) groups is 1. The topological polar surface area (TPSA) is 106 Å². The number of hydrogen-bond donors (Lipinski definition) is 1. The average molecular weight is 475 g/mol. The molecule has 178 valence electrons. The van der Waals surface area contributed by atoms with Crippen LogP contribution in [0.4, 0.5) is 5.82 Å². The van der Waals surface area contributed by atoms with E-state index in [4.69, 9.17) is 14.0 Å². The van der Waals surface area contributed by atoms with E-state index in [9.17, 15) is 4.79 Å². The van der Waals surface area contributed by atoms with Gasteiger partial charge >= 0.3 is 0 Å². The first-order chi connectivity index (χ1) is 19.3. The number of anilines is 1. The fourth-order valence-electron chi connectivity index (χ4n) is 4.26. The van der Waals surface area contributed by atoms with Gasteiger partial charge in [0.05, 0.1) is 5.56 Å². The molecule has 5 heterocycles. The van der Waals surface area contributed by atoms with Crippen LogP contribution in [0.3, 0.4) is 0 Å². The van der Waals surface area contributed by atoms with Crippen LogP contribution in [0.15, 0.2) is 55.1 Å². The molecule has 0 spiro atoms. The maximum atomic E-state index is 12.6. The van der Waals surface area contributed by atoms with Crippen molar-refractivity contribution in [1.82, 2.24) is 34.3 Å². The van der Waals surface area contributed by atoms with E-state index in [0.717, 1.165) is 40.0 Å². The summed E-state index contributed by atoms with van der Waals surface area (Å²) >= 11 is 0. The first kappa shape index (κ1) is 16.5. The lowest BCUT2D eigenvalue weighted by Crippen LogP contribution is -2.29. The Kier molecular flexibility index (Phi) is 4.37. The van der Waals surface area contributed by atoms with Gasteiger partial charge in [-0.1, -0.05) is 6.08 Å². The second kappa shape index (κ2) is 9.27.